The minimum Gasteiger partial charge on any atom is -0.397 e. The van der Waals surface area contributed by atoms with Gasteiger partial charge < -0.3 is 20.5 Å². The summed E-state index contributed by atoms with van der Waals surface area (Å²) in [5.74, 6) is 0.0330. The van der Waals surface area contributed by atoms with Crippen LogP contribution in [0.25, 0.3) is 0 Å². The molecule has 2 heterocycles. The molecule has 0 atom stereocenters. The molecule has 0 aromatic carbocycles. The van der Waals surface area contributed by atoms with Gasteiger partial charge in [-0.25, -0.2) is 0 Å². The van der Waals surface area contributed by atoms with Crippen LogP contribution in [-0.2, 0) is 0 Å². The number of piperidine rings is 1. The molecule has 1 aliphatic heterocycles. The van der Waals surface area contributed by atoms with Crippen LogP contribution in [0.15, 0.2) is 12.3 Å². The highest BCUT2D eigenvalue weighted by Crippen LogP contribution is 2.18. The number of aromatic nitrogens is 1. The van der Waals surface area contributed by atoms with Crippen LogP contribution in [-0.4, -0.2) is 53.4 Å². The third-order valence-electron chi connectivity index (χ3n) is 3.90. The van der Waals surface area contributed by atoms with Crippen molar-refractivity contribution < 1.29 is 4.79 Å². The fourth-order valence-corrected chi connectivity index (χ4v) is 2.74. The molecular weight excluding hydrogens is 240 g/mol. The number of carbonyl (C=O) groups is 1. The number of anilines is 1. The van der Waals surface area contributed by atoms with Crippen molar-refractivity contribution in [3.63, 3.8) is 0 Å². The highest BCUT2D eigenvalue weighted by molar-refractivity contribution is 5.93. The molecule has 0 spiro atoms. The van der Waals surface area contributed by atoms with E-state index in [0.29, 0.717) is 17.4 Å². The molecule has 1 aliphatic rings. The van der Waals surface area contributed by atoms with Gasteiger partial charge in [-0.05, 0) is 31.9 Å². The van der Waals surface area contributed by atoms with Crippen molar-refractivity contribution in [1.29, 1.82) is 0 Å². The first-order valence-corrected chi connectivity index (χ1v) is 7.05. The Labute approximate surface area is 114 Å². The predicted molar refractivity (Wildman–Crippen MR) is 77.1 cm³/mol. The SMILES string of the molecule is CCCN1CCC(N(C)C(=O)c2cc(N)c[nH]2)CC1. The molecule has 19 heavy (non-hydrogen) atoms. The average molecular weight is 264 g/mol. The van der Waals surface area contributed by atoms with Crippen LogP contribution < -0.4 is 5.73 Å². The summed E-state index contributed by atoms with van der Waals surface area (Å²) in [7, 11) is 1.89. The second kappa shape index (κ2) is 6.10. The number of nitrogens with one attached hydrogen (secondary N) is 1. The van der Waals surface area contributed by atoms with Gasteiger partial charge in [0.2, 0.25) is 0 Å². The zero-order chi connectivity index (χ0) is 13.8. The highest BCUT2D eigenvalue weighted by Gasteiger charge is 2.26. The lowest BCUT2D eigenvalue weighted by molar-refractivity contribution is 0.0637. The van der Waals surface area contributed by atoms with Crippen LogP contribution >= 0.6 is 0 Å². The molecule has 2 rings (SSSR count). The largest absolute Gasteiger partial charge is 0.397 e. The van der Waals surface area contributed by atoms with E-state index in [2.05, 4.69) is 16.8 Å². The maximum absolute atomic E-state index is 12.3. The van der Waals surface area contributed by atoms with E-state index in [9.17, 15) is 4.79 Å². The molecule has 0 bridgehead atoms. The van der Waals surface area contributed by atoms with E-state index in [1.54, 1.807) is 12.3 Å². The molecule has 1 aromatic heterocycles. The molecule has 0 unspecified atom stereocenters. The minimum absolute atomic E-state index is 0.0330. The van der Waals surface area contributed by atoms with Crippen molar-refractivity contribution in [2.75, 3.05) is 32.4 Å². The van der Waals surface area contributed by atoms with Gasteiger partial charge >= 0.3 is 0 Å². The fourth-order valence-electron chi connectivity index (χ4n) is 2.74. The van der Waals surface area contributed by atoms with Gasteiger partial charge in [-0.1, -0.05) is 6.92 Å². The quantitative estimate of drug-likeness (QED) is 0.867. The zero-order valence-corrected chi connectivity index (χ0v) is 11.9. The first kappa shape index (κ1) is 13.9. The van der Waals surface area contributed by atoms with Crippen molar-refractivity contribution in [3.05, 3.63) is 18.0 Å². The molecule has 5 heteroatoms. The van der Waals surface area contributed by atoms with Gasteiger partial charge in [0.15, 0.2) is 0 Å². The Morgan fingerprint density at radius 2 is 2.21 bits per heavy atom. The molecule has 1 amide bonds. The predicted octanol–water partition coefficient (Wildman–Crippen LogP) is 1.54. The maximum atomic E-state index is 12.3. The second-order valence-electron chi connectivity index (χ2n) is 5.34. The van der Waals surface area contributed by atoms with Crippen LogP contribution in [0.2, 0.25) is 0 Å². The van der Waals surface area contributed by atoms with E-state index in [-0.39, 0.29) is 5.91 Å². The monoisotopic (exact) mass is 264 g/mol. The number of amides is 1. The normalized spacial score (nSPS) is 17.6. The number of H-pyrrole nitrogens is 1. The molecule has 5 nitrogen and oxygen atoms in total. The Hall–Kier alpha value is -1.49. The molecule has 1 aromatic rings. The van der Waals surface area contributed by atoms with Crippen molar-refractivity contribution >= 4 is 11.6 Å². The van der Waals surface area contributed by atoms with Crippen LogP contribution in [0.1, 0.15) is 36.7 Å². The summed E-state index contributed by atoms with van der Waals surface area (Å²) in [4.78, 5) is 19.5. The minimum atomic E-state index is 0.0330. The van der Waals surface area contributed by atoms with Gasteiger partial charge in [-0.2, -0.15) is 0 Å². The summed E-state index contributed by atoms with van der Waals surface area (Å²) < 4.78 is 0. The fraction of sp³-hybridized carbons (Fsp3) is 0.643. The smallest absolute Gasteiger partial charge is 0.270 e. The van der Waals surface area contributed by atoms with Crippen LogP contribution in [0.5, 0.6) is 0 Å². The van der Waals surface area contributed by atoms with E-state index >= 15 is 0 Å². The topological polar surface area (TPSA) is 65.4 Å². The van der Waals surface area contributed by atoms with E-state index in [0.717, 1.165) is 32.5 Å². The van der Waals surface area contributed by atoms with Gasteiger partial charge in [0, 0.05) is 38.1 Å². The number of hydrogen-bond acceptors (Lipinski definition) is 3. The Balaban J connectivity index is 1.90. The third-order valence-corrected chi connectivity index (χ3v) is 3.90. The van der Waals surface area contributed by atoms with E-state index in [1.165, 1.54) is 6.42 Å². The molecule has 3 N–H and O–H groups in total. The van der Waals surface area contributed by atoms with Gasteiger partial charge in [0.25, 0.3) is 5.91 Å². The van der Waals surface area contributed by atoms with Crippen LogP contribution in [0.3, 0.4) is 0 Å². The summed E-state index contributed by atoms with van der Waals surface area (Å²) in [5.41, 5.74) is 6.82. The number of hydrogen-bond donors (Lipinski definition) is 2. The number of nitrogens with two attached hydrogens (primary N) is 1. The van der Waals surface area contributed by atoms with Crippen molar-refractivity contribution in [1.82, 2.24) is 14.8 Å². The van der Waals surface area contributed by atoms with Crippen molar-refractivity contribution in [2.24, 2.45) is 0 Å². The van der Waals surface area contributed by atoms with Crippen LogP contribution in [0.4, 0.5) is 5.69 Å². The van der Waals surface area contributed by atoms with Crippen molar-refractivity contribution in [3.8, 4) is 0 Å². The first-order chi connectivity index (χ1) is 9.11. The maximum Gasteiger partial charge on any atom is 0.270 e. The van der Waals surface area contributed by atoms with Gasteiger partial charge in [0.05, 0.1) is 0 Å². The number of aromatic amines is 1. The summed E-state index contributed by atoms with van der Waals surface area (Å²) in [6, 6.07) is 2.04. The Bertz CT molecular complexity index is 421. The Kier molecular flexibility index (Phi) is 4.47. The lowest BCUT2D eigenvalue weighted by atomic mass is 10.0. The first-order valence-electron chi connectivity index (χ1n) is 7.05. The van der Waals surface area contributed by atoms with E-state index in [1.807, 2.05) is 11.9 Å². The zero-order valence-electron chi connectivity index (χ0n) is 11.9. The summed E-state index contributed by atoms with van der Waals surface area (Å²) in [6.45, 7) is 5.54. The number of rotatable bonds is 4. The lowest BCUT2D eigenvalue weighted by Gasteiger charge is -2.36. The number of nitrogen functional groups attached to an aromatic ring is 1. The third kappa shape index (κ3) is 3.29. The lowest BCUT2D eigenvalue weighted by Crippen LogP contribution is -2.45. The Morgan fingerprint density at radius 1 is 1.53 bits per heavy atom. The molecule has 1 fully saturated rings. The van der Waals surface area contributed by atoms with Gasteiger partial charge in [-0.3, -0.25) is 4.79 Å². The molecule has 106 valence electrons. The molecule has 1 saturated heterocycles. The molecule has 0 saturated carbocycles. The number of nitrogens with zero attached hydrogens (tertiary/aromatic N) is 2. The second-order valence-corrected chi connectivity index (χ2v) is 5.34. The summed E-state index contributed by atoms with van der Waals surface area (Å²) in [6.07, 6.45) is 4.96. The summed E-state index contributed by atoms with van der Waals surface area (Å²) >= 11 is 0. The van der Waals surface area contributed by atoms with Crippen molar-refractivity contribution in [2.45, 2.75) is 32.2 Å². The number of carbonyl (C=O) groups excluding carboxylic acids is 1. The van der Waals surface area contributed by atoms with Gasteiger partial charge in [-0.15, -0.1) is 0 Å². The highest BCUT2D eigenvalue weighted by atomic mass is 16.2. The average Bonchev–Trinajstić information content (AvgIpc) is 2.85. The number of likely N-dealkylation sites (tertiary alicyclic amines) is 1. The van der Waals surface area contributed by atoms with Gasteiger partial charge in [0.1, 0.15) is 5.69 Å². The standard InChI is InChI=1S/C14H24N4O/c1-3-6-18-7-4-12(5-8-18)17(2)14(19)13-9-11(15)10-16-13/h9-10,12,16H,3-8,15H2,1-2H3. The molecule has 0 radical (unpaired) electrons. The van der Waals surface area contributed by atoms with Crippen LogP contribution in [0, 0.1) is 0 Å². The Morgan fingerprint density at radius 3 is 2.74 bits per heavy atom. The molecular formula is C14H24N4O. The summed E-state index contributed by atoms with van der Waals surface area (Å²) in [5, 5.41) is 0. The van der Waals surface area contributed by atoms with E-state index in [4.69, 9.17) is 5.73 Å². The van der Waals surface area contributed by atoms with E-state index < -0.39 is 0 Å². The molecule has 0 aliphatic carbocycles.